The third-order valence-electron chi connectivity index (χ3n) is 2.14. The fraction of sp³-hybridized carbons (Fsp3) is 0.500. The fourth-order valence-corrected chi connectivity index (χ4v) is 3.37. The van der Waals surface area contributed by atoms with Crippen LogP contribution in [0.3, 0.4) is 0 Å². The van der Waals surface area contributed by atoms with Crippen LogP contribution in [0.25, 0.3) is 0 Å². The summed E-state index contributed by atoms with van der Waals surface area (Å²) in [5.41, 5.74) is 6.76. The largest absolute Gasteiger partial charge is 0.382 e. The minimum atomic E-state index is -3.33. The quantitative estimate of drug-likeness (QED) is 0.802. The van der Waals surface area contributed by atoms with Crippen LogP contribution in [0.2, 0.25) is 0 Å². The zero-order valence-corrected chi connectivity index (χ0v) is 11.8. The van der Waals surface area contributed by atoms with Gasteiger partial charge in [0.1, 0.15) is 9.90 Å². The van der Waals surface area contributed by atoms with E-state index in [9.17, 15) is 8.42 Å². The maximum Gasteiger partial charge on any atom is 0.184 e. The van der Waals surface area contributed by atoms with E-state index in [2.05, 4.69) is 9.69 Å². The molecule has 0 aliphatic carbocycles. The number of nitrogen functional groups attached to an aromatic ring is 1. The lowest BCUT2D eigenvalue weighted by atomic mass is 10.3. The monoisotopic (exact) mass is 275 g/mol. The Morgan fingerprint density at radius 2 is 2.18 bits per heavy atom. The molecule has 1 aromatic rings. The SMILES string of the molecule is CCS(=O)(=O)c1c(N)nsc1NCC=C(C)C. The van der Waals surface area contributed by atoms with Crippen molar-refractivity contribution in [2.45, 2.75) is 25.7 Å². The third-order valence-corrected chi connectivity index (χ3v) is 4.88. The summed E-state index contributed by atoms with van der Waals surface area (Å²) in [7, 11) is -3.33. The number of allylic oxidation sites excluding steroid dienone is 1. The first kappa shape index (κ1) is 14.0. The smallest absolute Gasteiger partial charge is 0.184 e. The molecule has 5 nitrogen and oxygen atoms in total. The van der Waals surface area contributed by atoms with Gasteiger partial charge in [0.25, 0.3) is 0 Å². The van der Waals surface area contributed by atoms with E-state index in [1.165, 1.54) is 0 Å². The van der Waals surface area contributed by atoms with Crippen LogP contribution in [-0.2, 0) is 9.84 Å². The predicted molar refractivity (Wildman–Crippen MR) is 72.2 cm³/mol. The number of rotatable bonds is 5. The highest BCUT2D eigenvalue weighted by Gasteiger charge is 2.23. The molecule has 0 aliphatic rings. The van der Waals surface area contributed by atoms with E-state index < -0.39 is 9.84 Å². The second-order valence-corrected chi connectivity index (χ2v) is 6.78. The molecule has 0 amide bonds. The van der Waals surface area contributed by atoms with Gasteiger partial charge in [-0.25, -0.2) is 8.42 Å². The van der Waals surface area contributed by atoms with Crippen LogP contribution in [-0.4, -0.2) is 25.1 Å². The summed E-state index contributed by atoms with van der Waals surface area (Å²) in [6.07, 6.45) is 1.97. The molecule has 96 valence electrons. The van der Waals surface area contributed by atoms with Crippen molar-refractivity contribution in [1.82, 2.24) is 4.37 Å². The summed E-state index contributed by atoms with van der Waals surface area (Å²) in [6.45, 7) is 6.11. The predicted octanol–water partition coefficient (Wildman–Crippen LogP) is 1.90. The average molecular weight is 275 g/mol. The van der Waals surface area contributed by atoms with Gasteiger partial charge in [-0.05, 0) is 25.4 Å². The zero-order chi connectivity index (χ0) is 13.1. The van der Waals surface area contributed by atoms with E-state index in [1.807, 2.05) is 19.9 Å². The number of sulfone groups is 1. The van der Waals surface area contributed by atoms with Crippen molar-refractivity contribution in [1.29, 1.82) is 0 Å². The molecule has 0 atom stereocenters. The molecule has 0 radical (unpaired) electrons. The fourth-order valence-electron chi connectivity index (χ4n) is 1.20. The van der Waals surface area contributed by atoms with E-state index in [4.69, 9.17) is 5.73 Å². The van der Waals surface area contributed by atoms with Crippen molar-refractivity contribution < 1.29 is 8.42 Å². The highest BCUT2D eigenvalue weighted by molar-refractivity contribution is 7.91. The first-order valence-electron chi connectivity index (χ1n) is 5.23. The van der Waals surface area contributed by atoms with E-state index in [0.717, 1.165) is 17.1 Å². The summed E-state index contributed by atoms with van der Waals surface area (Å²) in [4.78, 5) is 0.132. The molecule has 7 heteroatoms. The van der Waals surface area contributed by atoms with Crippen LogP contribution in [0.1, 0.15) is 20.8 Å². The van der Waals surface area contributed by atoms with Gasteiger partial charge in [0, 0.05) is 6.54 Å². The lowest BCUT2D eigenvalue weighted by Crippen LogP contribution is -2.09. The summed E-state index contributed by atoms with van der Waals surface area (Å²) in [6, 6.07) is 0. The topological polar surface area (TPSA) is 85.1 Å². The van der Waals surface area contributed by atoms with Crippen LogP contribution >= 0.6 is 11.5 Å². The number of nitrogens with zero attached hydrogens (tertiary/aromatic N) is 1. The summed E-state index contributed by atoms with van der Waals surface area (Å²) >= 11 is 1.08. The number of hydrogen-bond acceptors (Lipinski definition) is 6. The molecule has 17 heavy (non-hydrogen) atoms. The molecule has 0 fully saturated rings. The van der Waals surface area contributed by atoms with Gasteiger partial charge in [0.2, 0.25) is 0 Å². The average Bonchev–Trinajstić information content (AvgIpc) is 2.60. The second kappa shape index (κ2) is 5.50. The van der Waals surface area contributed by atoms with Crippen molar-refractivity contribution in [2.75, 3.05) is 23.3 Å². The second-order valence-electron chi connectivity index (χ2n) is 3.79. The molecule has 0 aromatic carbocycles. The van der Waals surface area contributed by atoms with Crippen molar-refractivity contribution in [2.24, 2.45) is 0 Å². The first-order valence-corrected chi connectivity index (χ1v) is 7.66. The Morgan fingerprint density at radius 1 is 1.53 bits per heavy atom. The zero-order valence-electron chi connectivity index (χ0n) is 10.1. The van der Waals surface area contributed by atoms with Gasteiger partial charge < -0.3 is 11.1 Å². The van der Waals surface area contributed by atoms with Crippen molar-refractivity contribution in [3.63, 3.8) is 0 Å². The van der Waals surface area contributed by atoms with Crippen LogP contribution < -0.4 is 11.1 Å². The van der Waals surface area contributed by atoms with E-state index in [-0.39, 0.29) is 16.5 Å². The molecule has 0 saturated heterocycles. The van der Waals surface area contributed by atoms with Crippen LogP contribution in [0.4, 0.5) is 10.8 Å². The van der Waals surface area contributed by atoms with Gasteiger partial charge in [0.15, 0.2) is 15.7 Å². The molecule has 3 N–H and O–H groups in total. The van der Waals surface area contributed by atoms with E-state index in [0.29, 0.717) is 11.5 Å². The maximum atomic E-state index is 11.8. The molecule has 0 saturated carbocycles. The Kier molecular flexibility index (Phi) is 4.53. The number of nitrogens with two attached hydrogens (primary N) is 1. The van der Waals surface area contributed by atoms with Crippen molar-refractivity contribution in [3.8, 4) is 0 Å². The Labute approximate surface area is 106 Å². The molecular formula is C10H17N3O2S2. The highest BCUT2D eigenvalue weighted by atomic mass is 32.2. The normalized spacial score (nSPS) is 11.2. The first-order chi connectivity index (χ1) is 7.88. The van der Waals surface area contributed by atoms with Gasteiger partial charge in [-0.2, -0.15) is 4.37 Å². The van der Waals surface area contributed by atoms with Crippen LogP contribution in [0.5, 0.6) is 0 Å². The van der Waals surface area contributed by atoms with Crippen molar-refractivity contribution >= 4 is 32.2 Å². The number of anilines is 2. The molecule has 0 aliphatic heterocycles. The van der Waals surface area contributed by atoms with E-state index >= 15 is 0 Å². The standard InChI is InChI=1S/C10H17N3O2S2/c1-4-17(14,15)8-9(11)13-16-10(8)12-6-5-7(2)3/h5,12H,4,6H2,1-3H3,(H2,11,13). The Bertz CT molecular complexity index is 514. The summed E-state index contributed by atoms with van der Waals surface area (Å²) < 4.78 is 27.5. The molecule has 0 unspecified atom stereocenters. The van der Waals surface area contributed by atoms with Crippen LogP contribution in [0, 0.1) is 0 Å². The third kappa shape index (κ3) is 3.44. The lowest BCUT2D eigenvalue weighted by molar-refractivity contribution is 0.598. The van der Waals surface area contributed by atoms with Gasteiger partial charge in [-0.15, -0.1) is 0 Å². The summed E-state index contributed by atoms with van der Waals surface area (Å²) in [5.74, 6) is 0.101. The van der Waals surface area contributed by atoms with Gasteiger partial charge in [-0.1, -0.05) is 18.6 Å². The number of nitrogens with one attached hydrogen (secondary N) is 1. The Morgan fingerprint density at radius 3 is 2.71 bits per heavy atom. The Hall–Kier alpha value is -1.08. The molecule has 0 spiro atoms. The minimum absolute atomic E-state index is 0.0208. The van der Waals surface area contributed by atoms with Crippen LogP contribution in [0.15, 0.2) is 16.5 Å². The van der Waals surface area contributed by atoms with E-state index in [1.54, 1.807) is 6.92 Å². The highest BCUT2D eigenvalue weighted by Crippen LogP contribution is 2.31. The maximum absolute atomic E-state index is 11.8. The molecule has 1 aromatic heterocycles. The lowest BCUT2D eigenvalue weighted by Gasteiger charge is -2.05. The molecule has 1 heterocycles. The van der Waals surface area contributed by atoms with Gasteiger partial charge >= 0.3 is 0 Å². The van der Waals surface area contributed by atoms with Crippen molar-refractivity contribution in [3.05, 3.63) is 11.6 Å². The van der Waals surface area contributed by atoms with Gasteiger partial charge in [-0.3, -0.25) is 0 Å². The van der Waals surface area contributed by atoms with Gasteiger partial charge in [0.05, 0.1) is 5.75 Å². The molecule has 1 rings (SSSR count). The Balaban J connectivity index is 2.99. The molecular weight excluding hydrogens is 258 g/mol. The number of hydrogen-bond donors (Lipinski definition) is 2. The minimum Gasteiger partial charge on any atom is -0.382 e. The summed E-state index contributed by atoms with van der Waals surface area (Å²) in [5, 5.41) is 3.54. The molecule has 0 bridgehead atoms. The number of aromatic nitrogens is 1.